The van der Waals surface area contributed by atoms with Gasteiger partial charge in [0.15, 0.2) is 6.04 Å². The summed E-state index contributed by atoms with van der Waals surface area (Å²) < 4.78 is 0. The van der Waals surface area contributed by atoms with Crippen LogP contribution in [0, 0.1) is 0 Å². The van der Waals surface area contributed by atoms with E-state index >= 15 is 0 Å². The summed E-state index contributed by atoms with van der Waals surface area (Å²) >= 11 is 0. The molecule has 8 nitrogen and oxygen atoms in total. The van der Waals surface area contributed by atoms with Crippen LogP contribution in [0.4, 0.5) is 0 Å². The zero-order chi connectivity index (χ0) is 13.4. The minimum atomic E-state index is -3.19. The van der Waals surface area contributed by atoms with Crippen LogP contribution in [0.2, 0.25) is 0 Å². The van der Waals surface area contributed by atoms with Crippen LogP contribution in [0.1, 0.15) is 5.56 Å². The number of phenols is 3. The summed E-state index contributed by atoms with van der Waals surface area (Å²) in [5.74, 6) is -7.27. The zero-order valence-electron chi connectivity index (χ0n) is 8.40. The lowest BCUT2D eigenvalue weighted by molar-refractivity contribution is -0.198. The number of carbonyl (C=O) groups is 1. The van der Waals surface area contributed by atoms with Gasteiger partial charge in [0, 0.05) is 12.1 Å². The maximum Gasteiger partial charge on any atom is 0.326 e. The summed E-state index contributed by atoms with van der Waals surface area (Å²) in [4.78, 5) is 10.6. The molecule has 1 aromatic carbocycles. The first kappa shape index (κ1) is 13.0. The Morgan fingerprint density at radius 3 is 1.94 bits per heavy atom. The van der Waals surface area contributed by atoms with Crippen LogP contribution in [0.15, 0.2) is 12.1 Å². The number of rotatable bonds is 3. The van der Waals surface area contributed by atoms with Gasteiger partial charge in [0.05, 0.1) is 5.56 Å². The molecular formula is C9H11NO7. The minimum Gasteiger partial charge on any atom is -0.508 e. The highest BCUT2D eigenvalue weighted by Gasteiger charge is 2.43. The van der Waals surface area contributed by atoms with Crippen molar-refractivity contribution >= 4 is 5.97 Å². The number of aromatic hydroxyl groups is 3. The van der Waals surface area contributed by atoms with Gasteiger partial charge in [-0.3, -0.25) is 4.79 Å². The fourth-order valence-electron chi connectivity index (χ4n) is 1.30. The van der Waals surface area contributed by atoms with Crippen LogP contribution >= 0.6 is 0 Å². The molecular weight excluding hydrogens is 234 g/mol. The van der Waals surface area contributed by atoms with Gasteiger partial charge in [-0.1, -0.05) is 0 Å². The van der Waals surface area contributed by atoms with Crippen molar-refractivity contribution in [1.29, 1.82) is 0 Å². The van der Waals surface area contributed by atoms with Crippen molar-refractivity contribution in [3.05, 3.63) is 17.7 Å². The van der Waals surface area contributed by atoms with Crippen LogP contribution in [-0.4, -0.2) is 42.7 Å². The molecule has 1 unspecified atom stereocenters. The Morgan fingerprint density at radius 2 is 1.59 bits per heavy atom. The lowest BCUT2D eigenvalue weighted by Gasteiger charge is -2.27. The van der Waals surface area contributed by atoms with E-state index in [1.807, 2.05) is 0 Å². The van der Waals surface area contributed by atoms with E-state index in [2.05, 4.69) is 0 Å². The smallest absolute Gasteiger partial charge is 0.326 e. The molecule has 0 saturated heterocycles. The van der Waals surface area contributed by atoms with E-state index in [9.17, 15) is 25.2 Å². The first-order valence-electron chi connectivity index (χ1n) is 4.36. The Bertz CT molecular complexity index is 434. The molecule has 0 aliphatic carbocycles. The summed E-state index contributed by atoms with van der Waals surface area (Å²) in [5.41, 5.74) is 4.12. The predicted octanol–water partition coefficient (Wildman–Crippen LogP) is -1.65. The molecule has 0 radical (unpaired) electrons. The van der Waals surface area contributed by atoms with Gasteiger partial charge in [-0.05, 0) is 0 Å². The number of benzene rings is 1. The van der Waals surface area contributed by atoms with Crippen LogP contribution < -0.4 is 5.73 Å². The number of aliphatic hydroxyl groups is 2. The maximum absolute atomic E-state index is 10.6. The second-order valence-electron chi connectivity index (χ2n) is 3.40. The number of carboxylic acid groups (broad SMARTS) is 1. The van der Waals surface area contributed by atoms with E-state index in [1.54, 1.807) is 0 Å². The molecule has 0 aliphatic heterocycles. The van der Waals surface area contributed by atoms with Crippen molar-refractivity contribution in [2.75, 3.05) is 0 Å². The summed E-state index contributed by atoms with van der Waals surface area (Å²) in [5, 5.41) is 55.3. The summed E-state index contributed by atoms with van der Waals surface area (Å²) in [7, 11) is 0. The van der Waals surface area contributed by atoms with Crippen LogP contribution in [0.3, 0.4) is 0 Å². The quantitative estimate of drug-likeness (QED) is 0.311. The van der Waals surface area contributed by atoms with Crippen LogP contribution in [0.5, 0.6) is 17.2 Å². The zero-order valence-corrected chi connectivity index (χ0v) is 8.40. The van der Waals surface area contributed by atoms with Gasteiger partial charge in [0.25, 0.3) is 0 Å². The van der Waals surface area contributed by atoms with Gasteiger partial charge in [-0.25, -0.2) is 0 Å². The van der Waals surface area contributed by atoms with E-state index in [4.69, 9.17) is 15.9 Å². The second kappa shape index (κ2) is 4.09. The normalized spacial score (nSPS) is 13.4. The third-order valence-corrected chi connectivity index (χ3v) is 2.15. The molecule has 1 atom stereocenters. The van der Waals surface area contributed by atoms with Gasteiger partial charge in [-0.2, -0.15) is 0 Å². The van der Waals surface area contributed by atoms with Crippen LogP contribution in [0.25, 0.3) is 0 Å². The molecule has 0 bridgehead atoms. The van der Waals surface area contributed by atoms with E-state index in [-0.39, 0.29) is 0 Å². The van der Waals surface area contributed by atoms with Crippen molar-refractivity contribution < 1.29 is 35.4 Å². The summed E-state index contributed by atoms with van der Waals surface area (Å²) in [6, 6.07) is -0.792. The molecule has 0 fully saturated rings. The molecule has 0 saturated carbocycles. The monoisotopic (exact) mass is 245 g/mol. The molecule has 0 aliphatic rings. The number of nitrogens with two attached hydrogens (primary N) is 1. The Labute approximate surface area is 94.8 Å². The highest BCUT2D eigenvalue weighted by Crippen LogP contribution is 2.39. The summed E-state index contributed by atoms with van der Waals surface area (Å²) in [6.45, 7) is 0. The average Bonchev–Trinajstić information content (AvgIpc) is 2.13. The Balaban J connectivity index is 3.38. The largest absolute Gasteiger partial charge is 0.508 e. The molecule has 1 aromatic rings. The Kier molecular flexibility index (Phi) is 3.14. The van der Waals surface area contributed by atoms with Gasteiger partial charge in [-0.15, -0.1) is 0 Å². The highest BCUT2D eigenvalue weighted by atomic mass is 16.5. The Hall–Kier alpha value is -2.03. The average molecular weight is 245 g/mol. The van der Waals surface area contributed by atoms with Gasteiger partial charge < -0.3 is 36.4 Å². The molecule has 0 heterocycles. The molecule has 0 spiro atoms. The van der Waals surface area contributed by atoms with Crippen molar-refractivity contribution in [2.24, 2.45) is 5.73 Å². The first-order chi connectivity index (χ1) is 7.67. The van der Waals surface area contributed by atoms with Gasteiger partial charge in [0.1, 0.15) is 17.2 Å². The Morgan fingerprint density at radius 1 is 1.18 bits per heavy atom. The third-order valence-electron chi connectivity index (χ3n) is 2.15. The predicted molar refractivity (Wildman–Crippen MR) is 53.2 cm³/mol. The topological polar surface area (TPSA) is 164 Å². The molecule has 8 heteroatoms. The molecule has 8 N–H and O–H groups in total. The number of hydrogen-bond donors (Lipinski definition) is 7. The van der Waals surface area contributed by atoms with E-state index in [0.29, 0.717) is 12.1 Å². The maximum atomic E-state index is 10.6. The van der Waals surface area contributed by atoms with Gasteiger partial charge >= 0.3 is 5.97 Å². The van der Waals surface area contributed by atoms with Crippen molar-refractivity contribution in [2.45, 2.75) is 11.8 Å². The van der Waals surface area contributed by atoms with E-state index < -0.39 is 40.6 Å². The standard InChI is InChI=1S/C9H11NO7/c10-7(8(14)15)9(16,17)6-4(12)1-3(11)2-5(6)13/h1-2,7,11-13,16-17H,10H2,(H,14,15). The molecule has 0 amide bonds. The first-order valence-corrected chi connectivity index (χ1v) is 4.36. The molecule has 0 aromatic heterocycles. The fourth-order valence-corrected chi connectivity index (χ4v) is 1.30. The number of aliphatic carboxylic acids is 1. The van der Waals surface area contributed by atoms with Gasteiger partial charge in [0.2, 0.25) is 5.79 Å². The highest BCUT2D eigenvalue weighted by molar-refractivity contribution is 5.75. The van der Waals surface area contributed by atoms with Crippen LogP contribution in [-0.2, 0) is 10.6 Å². The molecule has 17 heavy (non-hydrogen) atoms. The number of phenolic OH excluding ortho intramolecular Hbond substituents is 3. The van der Waals surface area contributed by atoms with Crippen molar-refractivity contribution in [3.63, 3.8) is 0 Å². The summed E-state index contributed by atoms with van der Waals surface area (Å²) in [6.07, 6.45) is 0. The minimum absolute atomic E-state index is 0.538. The van der Waals surface area contributed by atoms with E-state index in [0.717, 1.165) is 0 Å². The third kappa shape index (κ3) is 2.23. The second-order valence-corrected chi connectivity index (χ2v) is 3.40. The molecule has 94 valence electrons. The SMILES string of the molecule is NC(C(=O)O)C(O)(O)c1c(O)cc(O)cc1O. The number of hydrogen-bond acceptors (Lipinski definition) is 7. The van der Waals surface area contributed by atoms with Crippen molar-refractivity contribution in [1.82, 2.24) is 0 Å². The number of carboxylic acids is 1. The molecule has 1 rings (SSSR count). The lowest BCUT2D eigenvalue weighted by atomic mass is 9.96. The van der Waals surface area contributed by atoms with E-state index in [1.165, 1.54) is 0 Å². The van der Waals surface area contributed by atoms with Crippen molar-refractivity contribution in [3.8, 4) is 17.2 Å². The lowest BCUT2D eigenvalue weighted by Crippen LogP contribution is -2.50. The fraction of sp³-hybridized carbons (Fsp3) is 0.222.